The van der Waals surface area contributed by atoms with E-state index in [1.54, 1.807) is 0 Å². The summed E-state index contributed by atoms with van der Waals surface area (Å²) in [6.45, 7) is 2.07. The average molecular weight is 222 g/mol. The SMILES string of the molecule is CNC(C)c1ncc(C2CCCCCC2)o1. The number of aromatic nitrogens is 1. The summed E-state index contributed by atoms with van der Waals surface area (Å²) in [4.78, 5) is 4.36. The molecule has 0 spiro atoms. The molecule has 1 N–H and O–H groups in total. The number of nitrogens with zero attached hydrogens (tertiary/aromatic N) is 1. The summed E-state index contributed by atoms with van der Waals surface area (Å²) < 4.78 is 5.86. The zero-order chi connectivity index (χ0) is 11.4. The Labute approximate surface area is 97.6 Å². The van der Waals surface area contributed by atoms with E-state index in [-0.39, 0.29) is 6.04 Å². The van der Waals surface area contributed by atoms with Crippen molar-refractivity contribution in [2.45, 2.75) is 57.4 Å². The van der Waals surface area contributed by atoms with Crippen LogP contribution in [0.5, 0.6) is 0 Å². The van der Waals surface area contributed by atoms with Gasteiger partial charge >= 0.3 is 0 Å². The molecular weight excluding hydrogens is 200 g/mol. The zero-order valence-electron chi connectivity index (χ0n) is 10.3. The van der Waals surface area contributed by atoms with E-state index in [0.717, 1.165) is 11.7 Å². The molecule has 1 heterocycles. The van der Waals surface area contributed by atoms with Gasteiger partial charge in [-0.2, -0.15) is 0 Å². The van der Waals surface area contributed by atoms with E-state index in [4.69, 9.17) is 4.42 Å². The van der Waals surface area contributed by atoms with Gasteiger partial charge in [-0.15, -0.1) is 0 Å². The summed E-state index contributed by atoms with van der Waals surface area (Å²) in [6.07, 6.45) is 9.89. The van der Waals surface area contributed by atoms with Crippen molar-refractivity contribution in [3.63, 3.8) is 0 Å². The highest BCUT2D eigenvalue weighted by atomic mass is 16.4. The van der Waals surface area contributed by atoms with E-state index in [1.807, 2.05) is 13.2 Å². The highest BCUT2D eigenvalue weighted by Gasteiger charge is 2.19. The second-order valence-corrected chi connectivity index (χ2v) is 4.80. The lowest BCUT2D eigenvalue weighted by Crippen LogP contribution is -2.12. The first-order valence-corrected chi connectivity index (χ1v) is 6.44. The first kappa shape index (κ1) is 11.6. The van der Waals surface area contributed by atoms with E-state index in [0.29, 0.717) is 5.92 Å². The van der Waals surface area contributed by atoms with Gasteiger partial charge in [0.2, 0.25) is 5.89 Å². The Hall–Kier alpha value is -0.830. The summed E-state index contributed by atoms with van der Waals surface area (Å²) >= 11 is 0. The minimum atomic E-state index is 0.208. The fourth-order valence-electron chi connectivity index (χ4n) is 2.38. The van der Waals surface area contributed by atoms with Crippen LogP contribution in [0.25, 0.3) is 0 Å². The Morgan fingerprint density at radius 3 is 2.62 bits per heavy atom. The first-order chi connectivity index (χ1) is 7.81. The molecule has 2 rings (SSSR count). The maximum Gasteiger partial charge on any atom is 0.211 e. The van der Waals surface area contributed by atoms with Crippen LogP contribution in [0.15, 0.2) is 10.6 Å². The van der Waals surface area contributed by atoms with E-state index >= 15 is 0 Å². The lowest BCUT2D eigenvalue weighted by molar-refractivity contribution is 0.375. The Balaban J connectivity index is 2.05. The van der Waals surface area contributed by atoms with Gasteiger partial charge in [0.1, 0.15) is 5.76 Å². The third-order valence-electron chi connectivity index (χ3n) is 3.60. The van der Waals surface area contributed by atoms with Crippen molar-refractivity contribution < 1.29 is 4.42 Å². The van der Waals surface area contributed by atoms with E-state index in [2.05, 4.69) is 17.2 Å². The molecule has 90 valence electrons. The van der Waals surface area contributed by atoms with Crippen LogP contribution >= 0.6 is 0 Å². The Bertz CT molecular complexity index is 313. The van der Waals surface area contributed by atoms with Gasteiger partial charge < -0.3 is 9.73 Å². The molecule has 0 amide bonds. The maximum atomic E-state index is 5.86. The molecule has 1 atom stereocenters. The smallest absolute Gasteiger partial charge is 0.211 e. The van der Waals surface area contributed by atoms with Crippen molar-refractivity contribution in [1.29, 1.82) is 0 Å². The Kier molecular flexibility index (Phi) is 3.99. The first-order valence-electron chi connectivity index (χ1n) is 6.44. The molecule has 1 aliphatic carbocycles. The van der Waals surface area contributed by atoms with Gasteiger partial charge in [-0.1, -0.05) is 25.7 Å². The lowest BCUT2D eigenvalue weighted by Gasteiger charge is -2.10. The van der Waals surface area contributed by atoms with E-state index < -0.39 is 0 Å². The Morgan fingerprint density at radius 1 is 1.31 bits per heavy atom. The summed E-state index contributed by atoms with van der Waals surface area (Å²) in [6, 6.07) is 0.208. The molecule has 0 aliphatic heterocycles. The molecule has 0 aromatic carbocycles. The van der Waals surface area contributed by atoms with E-state index in [1.165, 1.54) is 38.5 Å². The van der Waals surface area contributed by atoms with Gasteiger partial charge in [-0.3, -0.25) is 0 Å². The molecule has 1 aromatic heterocycles. The number of hydrogen-bond donors (Lipinski definition) is 1. The van der Waals surface area contributed by atoms with Crippen molar-refractivity contribution >= 4 is 0 Å². The molecule has 1 aromatic rings. The van der Waals surface area contributed by atoms with Gasteiger partial charge in [-0.25, -0.2) is 4.98 Å². The molecule has 0 radical (unpaired) electrons. The van der Waals surface area contributed by atoms with Crippen LogP contribution in [0.1, 0.15) is 69.1 Å². The molecule has 3 heteroatoms. The molecule has 16 heavy (non-hydrogen) atoms. The maximum absolute atomic E-state index is 5.86. The molecule has 1 unspecified atom stereocenters. The van der Waals surface area contributed by atoms with Crippen LogP contribution in [-0.4, -0.2) is 12.0 Å². The standard InChI is InChI=1S/C13H22N2O/c1-10(14-2)13-15-9-12(16-13)11-7-5-3-4-6-8-11/h9-11,14H,3-8H2,1-2H3. The molecular formula is C13H22N2O. The van der Waals surface area contributed by atoms with Crippen LogP contribution in [0.4, 0.5) is 0 Å². The quantitative estimate of drug-likeness (QED) is 0.797. The number of nitrogens with one attached hydrogen (secondary N) is 1. The topological polar surface area (TPSA) is 38.1 Å². The van der Waals surface area contributed by atoms with Crippen LogP contribution < -0.4 is 5.32 Å². The van der Waals surface area contributed by atoms with Crippen LogP contribution in [0.3, 0.4) is 0 Å². The molecule has 1 saturated carbocycles. The van der Waals surface area contributed by atoms with Crippen LogP contribution in [0.2, 0.25) is 0 Å². The minimum absolute atomic E-state index is 0.208. The summed E-state index contributed by atoms with van der Waals surface area (Å²) in [7, 11) is 1.93. The van der Waals surface area contributed by atoms with Gasteiger partial charge in [0.05, 0.1) is 12.2 Å². The largest absolute Gasteiger partial charge is 0.444 e. The number of hydrogen-bond acceptors (Lipinski definition) is 3. The normalized spacial score (nSPS) is 20.6. The van der Waals surface area contributed by atoms with E-state index in [9.17, 15) is 0 Å². The molecule has 0 saturated heterocycles. The monoisotopic (exact) mass is 222 g/mol. The minimum Gasteiger partial charge on any atom is -0.444 e. The Morgan fingerprint density at radius 2 is 2.00 bits per heavy atom. The average Bonchev–Trinajstić information content (AvgIpc) is 2.64. The lowest BCUT2D eigenvalue weighted by atomic mass is 9.98. The van der Waals surface area contributed by atoms with Crippen molar-refractivity contribution in [1.82, 2.24) is 10.3 Å². The zero-order valence-corrected chi connectivity index (χ0v) is 10.3. The number of oxazole rings is 1. The third kappa shape index (κ3) is 2.64. The summed E-state index contributed by atoms with van der Waals surface area (Å²) in [5.41, 5.74) is 0. The molecule has 1 aliphatic rings. The van der Waals surface area contributed by atoms with Gasteiger partial charge in [0.15, 0.2) is 0 Å². The second kappa shape index (κ2) is 5.48. The van der Waals surface area contributed by atoms with Crippen molar-refractivity contribution in [2.75, 3.05) is 7.05 Å². The summed E-state index contributed by atoms with van der Waals surface area (Å²) in [5, 5.41) is 3.15. The molecule has 3 nitrogen and oxygen atoms in total. The van der Waals surface area contributed by atoms with Gasteiger partial charge in [0, 0.05) is 5.92 Å². The number of rotatable bonds is 3. The van der Waals surface area contributed by atoms with Crippen LogP contribution in [-0.2, 0) is 0 Å². The van der Waals surface area contributed by atoms with Gasteiger partial charge in [-0.05, 0) is 26.8 Å². The molecule has 1 fully saturated rings. The predicted octanol–water partition coefficient (Wildman–Crippen LogP) is 3.39. The third-order valence-corrected chi connectivity index (χ3v) is 3.60. The molecule has 0 bridgehead atoms. The fourth-order valence-corrected chi connectivity index (χ4v) is 2.38. The second-order valence-electron chi connectivity index (χ2n) is 4.80. The highest BCUT2D eigenvalue weighted by Crippen LogP contribution is 2.32. The van der Waals surface area contributed by atoms with Crippen LogP contribution in [0, 0.1) is 0 Å². The highest BCUT2D eigenvalue weighted by molar-refractivity contribution is 5.04. The van der Waals surface area contributed by atoms with Crippen molar-refractivity contribution in [3.8, 4) is 0 Å². The van der Waals surface area contributed by atoms with Crippen molar-refractivity contribution in [3.05, 3.63) is 17.8 Å². The predicted molar refractivity (Wildman–Crippen MR) is 64.4 cm³/mol. The fraction of sp³-hybridized carbons (Fsp3) is 0.769. The van der Waals surface area contributed by atoms with Crippen molar-refractivity contribution in [2.24, 2.45) is 0 Å². The van der Waals surface area contributed by atoms with Gasteiger partial charge in [0.25, 0.3) is 0 Å². The summed E-state index contributed by atoms with van der Waals surface area (Å²) in [5.74, 6) is 2.52.